The zero-order valence-electron chi connectivity index (χ0n) is 8.75. The number of rotatable bonds is 7. The van der Waals surface area contributed by atoms with Crippen LogP contribution in [0.2, 0.25) is 0 Å². The van der Waals surface area contributed by atoms with Crippen LogP contribution in [0.4, 0.5) is 5.13 Å². The molecule has 0 amide bonds. The monoisotopic (exact) mass is 215 g/mol. The maximum Gasteiger partial charge on any atom is 0.205 e. The lowest BCUT2D eigenvalue weighted by Gasteiger charge is -1.99. The van der Waals surface area contributed by atoms with Gasteiger partial charge in [0.1, 0.15) is 11.6 Å². The molecule has 0 unspecified atom stereocenters. The van der Waals surface area contributed by atoms with E-state index in [4.69, 9.17) is 4.74 Å². The highest BCUT2D eigenvalue weighted by molar-refractivity contribution is 7.15. The highest BCUT2D eigenvalue weighted by Crippen LogP contribution is 2.14. The van der Waals surface area contributed by atoms with E-state index in [2.05, 4.69) is 22.4 Å². The summed E-state index contributed by atoms with van der Waals surface area (Å²) >= 11 is 1.54. The first kappa shape index (κ1) is 11.4. The zero-order chi connectivity index (χ0) is 10.2. The van der Waals surface area contributed by atoms with Gasteiger partial charge in [-0.15, -0.1) is 10.2 Å². The second-order valence-electron chi connectivity index (χ2n) is 3.01. The number of ether oxygens (including phenoxy) is 1. The second kappa shape index (κ2) is 6.73. The van der Waals surface area contributed by atoms with Gasteiger partial charge in [-0.3, -0.25) is 0 Å². The van der Waals surface area contributed by atoms with Gasteiger partial charge in [0, 0.05) is 13.7 Å². The molecular weight excluding hydrogens is 198 g/mol. The van der Waals surface area contributed by atoms with Gasteiger partial charge >= 0.3 is 0 Å². The van der Waals surface area contributed by atoms with Crippen LogP contribution in [0.25, 0.3) is 0 Å². The van der Waals surface area contributed by atoms with Crippen LogP contribution in [-0.4, -0.2) is 23.9 Å². The molecule has 4 nitrogen and oxygen atoms in total. The minimum absolute atomic E-state index is 0.586. The third kappa shape index (κ3) is 4.02. The minimum Gasteiger partial charge on any atom is -0.374 e. The van der Waals surface area contributed by atoms with E-state index in [9.17, 15) is 0 Å². The summed E-state index contributed by atoms with van der Waals surface area (Å²) in [7, 11) is 1.84. The van der Waals surface area contributed by atoms with Crippen LogP contribution in [0, 0.1) is 0 Å². The minimum atomic E-state index is 0.586. The summed E-state index contributed by atoms with van der Waals surface area (Å²) in [5.41, 5.74) is 0. The van der Waals surface area contributed by atoms with Crippen LogP contribution >= 0.6 is 11.3 Å². The van der Waals surface area contributed by atoms with E-state index in [-0.39, 0.29) is 0 Å². The largest absolute Gasteiger partial charge is 0.374 e. The predicted octanol–water partition coefficient (Wildman–Crippen LogP) is 2.29. The number of aromatic nitrogens is 2. The Morgan fingerprint density at radius 2 is 2.21 bits per heavy atom. The molecule has 0 saturated carbocycles. The Hall–Kier alpha value is -0.680. The van der Waals surface area contributed by atoms with Gasteiger partial charge in [0.2, 0.25) is 5.13 Å². The molecule has 14 heavy (non-hydrogen) atoms. The molecule has 1 heterocycles. The Labute approximate surface area is 88.7 Å². The third-order valence-corrected chi connectivity index (χ3v) is 2.71. The summed E-state index contributed by atoms with van der Waals surface area (Å²) in [6.07, 6.45) is 3.60. The van der Waals surface area contributed by atoms with Crippen molar-refractivity contribution in [1.29, 1.82) is 0 Å². The highest BCUT2D eigenvalue weighted by atomic mass is 32.1. The maximum atomic E-state index is 5.46. The molecule has 1 N–H and O–H groups in total. The summed E-state index contributed by atoms with van der Waals surface area (Å²) in [5.74, 6) is 0. The predicted molar refractivity (Wildman–Crippen MR) is 58.6 cm³/mol. The van der Waals surface area contributed by atoms with E-state index in [1.807, 2.05) is 7.05 Å². The molecule has 0 aliphatic carbocycles. The fourth-order valence-corrected chi connectivity index (χ4v) is 1.66. The number of unbranched alkanes of at least 4 members (excludes halogenated alkanes) is 2. The molecule has 0 aliphatic rings. The Balaban J connectivity index is 2.12. The average molecular weight is 215 g/mol. The standard InChI is InChI=1S/C9H17N3OS/c1-3-4-5-6-13-7-8-11-12-9(10-2)14-8/h3-7H2,1-2H3,(H,10,12). The fourth-order valence-electron chi connectivity index (χ4n) is 1.03. The van der Waals surface area contributed by atoms with Gasteiger partial charge in [-0.1, -0.05) is 31.1 Å². The summed E-state index contributed by atoms with van der Waals surface area (Å²) in [4.78, 5) is 0. The van der Waals surface area contributed by atoms with Gasteiger partial charge in [0.05, 0.1) is 0 Å². The average Bonchev–Trinajstić information content (AvgIpc) is 2.65. The Kier molecular flexibility index (Phi) is 5.47. The van der Waals surface area contributed by atoms with Gasteiger partial charge in [0.15, 0.2) is 0 Å². The normalized spacial score (nSPS) is 10.4. The van der Waals surface area contributed by atoms with E-state index in [0.717, 1.165) is 23.2 Å². The van der Waals surface area contributed by atoms with Crippen LogP contribution in [0.3, 0.4) is 0 Å². The lowest BCUT2D eigenvalue weighted by atomic mass is 10.3. The number of nitrogens with zero attached hydrogens (tertiary/aromatic N) is 2. The molecule has 80 valence electrons. The van der Waals surface area contributed by atoms with E-state index in [0.29, 0.717) is 6.61 Å². The molecule has 0 aromatic carbocycles. The third-order valence-electron chi connectivity index (χ3n) is 1.80. The lowest BCUT2D eigenvalue weighted by molar-refractivity contribution is 0.116. The van der Waals surface area contributed by atoms with Gasteiger partial charge in [0.25, 0.3) is 0 Å². The molecule has 1 rings (SSSR count). The highest BCUT2D eigenvalue weighted by Gasteiger charge is 2.01. The molecule has 0 atom stereocenters. The number of anilines is 1. The molecule has 0 fully saturated rings. The van der Waals surface area contributed by atoms with Gasteiger partial charge in [-0.25, -0.2) is 0 Å². The molecule has 1 aromatic rings. The lowest BCUT2D eigenvalue weighted by Crippen LogP contribution is -1.94. The molecule has 0 radical (unpaired) electrons. The van der Waals surface area contributed by atoms with Gasteiger partial charge < -0.3 is 10.1 Å². The number of hydrogen-bond acceptors (Lipinski definition) is 5. The van der Waals surface area contributed by atoms with Crippen molar-refractivity contribution in [2.24, 2.45) is 0 Å². The van der Waals surface area contributed by atoms with Crippen LogP contribution in [0.15, 0.2) is 0 Å². The molecule has 0 spiro atoms. The topological polar surface area (TPSA) is 47.0 Å². The Morgan fingerprint density at radius 3 is 2.86 bits per heavy atom. The SMILES string of the molecule is CCCCCOCc1nnc(NC)s1. The van der Waals surface area contributed by atoms with E-state index in [1.165, 1.54) is 24.2 Å². The van der Waals surface area contributed by atoms with Crippen molar-refractivity contribution in [3.63, 3.8) is 0 Å². The number of hydrogen-bond donors (Lipinski definition) is 1. The first-order chi connectivity index (χ1) is 6.86. The summed E-state index contributed by atoms with van der Waals surface area (Å²) < 4.78 is 5.46. The number of nitrogens with one attached hydrogen (secondary N) is 1. The van der Waals surface area contributed by atoms with Crippen molar-refractivity contribution in [2.45, 2.75) is 32.8 Å². The van der Waals surface area contributed by atoms with Crippen LogP contribution in [0.1, 0.15) is 31.2 Å². The summed E-state index contributed by atoms with van der Waals surface area (Å²) in [5, 5.41) is 12.6. The van der Waals surface area contributed by atoms with Crippen molar-refractivity contribution >= 4 is 16.5 Å². The second-order valence-corrected chi connectivity index (χ2v) is 4.07. The van der Waals surface area contributed by atoms with Crippen molar-refractivity contribution in [2.75, 3.05) is 19.0 Å². The molecule has 0 aliphatic heterocycles. The summed E-state index contributed by atoms with van der Waals surface area (Å²) in [6.45, 7) is 3.59. The van der Waals surface area contributed by atoms with E-state index in [1.54, 1.807) is 0 Å². The Bertz CT molecular complexity index is 252. The molecule has 1 aromatic heterocycles. The van der Waals surface area contributed by atoms with Crippen LogP contribution < -0.4 is 5.32 Å². The van der Waals surface area contributed by atoms with Crippen molar-refractivity contribution < 1.29 is 4.74 Å². The Morgan fingerprint density at radius 1 is 1.36 bits per heavy atom. The van der Waals surface area contributed by atoms with Crippen molar-refractivity contribution in [3.05, 3.63) is 5.01 Å². The van der Waals surface area contributed by atoms with Crippen molar-refractivity contribution in [3.8, 4) is 0 Å². The zero-order valence-corrected chi connectivity index (χ0v) is 9.56. The van der Waals surface area contributed by atoms with E-state index < -0.39 is 0 Å². The molecule has 0 saturated heterocycles. The van der Waals surface area contributed by atoms with E-state index >= 15 is 0 Å². The molecule has 0 bridgehead atoms. The van der Waals surface area contributed by atoms with Crippen LogP contribution in [0.5, 0.6) is 0 Å². The maximum absolute atomic E-state index is 5.46. The summed E-state index contributed by atoms with van der Waals surface area (Å²) in [6, 6.07) is 0. The first-order valence-electron chi connectivity index (χ1n) is 4.94. The first-order valence-corrected chi connectivity index (χ1v) is 5.76. The van der Waals surface area contributed by atoms with Gasteiger partial charge in [-0.05, 0) is 6.42 Å². The smallest absolute Gasteiger partial charge is 0.205 e. The van der Waals surface area contributed by atoms with Crippen molar-refractivity contribution in [1.82, 2.24) is 10.2 Å². The quantitative estimate of drug-likeness (QED) is 0.709. The van der Waals surface area contributed by atoms with Gasteiger partial charge in [-0.2, -0.15) is 0 Å². The van der Waals surface area contributed by atoms with Crippen LogP contribution in [-0.2, 0) is 11.3 Å². The molecule has 5 heteroatoms. The molecular formula is C9H17N3OS. The fraction of sp³-hybridized carbons (Fsp3) is 0.778.